The third-order valence-corrected chi connectivity index (χ3v) is 3.20. The van der Waals surface area contributed by atoms with Crippen molar-refractivity contribution in [2.75, 3.05) is 13.7 Å². The van der Waals surface area contributed by atoms with Crippen LogP contribution in [0.3, 0.4) is 0 Å². The molecule has 0 bridgehead atoms. The van der Waals surface area contributed by atoms with Gasteiger partial charge in [-0.05, 0) is 35.9 Å². The van der Waals surface area contributed by atoms with Crippen molar-refractivity contribution >= 4 is 11.9 Å². The lowest BCUT2D eigenvalue weighted by Crippen LogP contribution is -2.16. The SMILES string of the molecule is COc1ccc(/C=C/C(=O)c2cccnc2)cc1COCC(F)(F)F. The number of nitrogens with zero attached hydrogens (tertiary/aromatic N) is 1. The van der Waals surface area contributed by atoms with Crippen molar-refractivity contribution in [1.82, 2.24) is 4.98 Å². The van der Waals surface area contributed by atoms with Gasteiger partial charge in [-0.1, -0.05) is 12.1 Å². The van der Waals surface area contributed by atoms with E-state index in [1.807, 2.05) is 0 Å². The number of ketones is 1. The quantitative estimate of drug-likeness (QED) is 0.557. The Bertz CT molecular complexity index is 743. The molecule has 0 fully saturated rings. The molecule has 1 aromatic heterocycles. The van der Waals surface area contributed by atoms with Crippen LogP contribution in [0.4, 0.5) is 13.2 Å². The topological polar surface area (TPSA) is 48.4 Å². The first-order chi connectivity index (χ1) is 11.9. The molecule has 2 aromatic rings. The predicted octanol–water partition coefficient (Wildman–Crippen LogP) is 4.07. The molecular weight excluding hydrogens is 335 g/mol. The van der Waals surface area contributed by atoms with Gasteiger partial charge >= 0.3 is 6.18 Å². The highest BCUT2D eigenvalue weighted by molar-refractivity contribution is 6.06. The maximum Gasteiger partial charge on any atom is 0.411 e. The summed E-state index contributed by atoms with van der Waals surface area (Å²) in [5.41, 5.74) is 1.55. The summed E-state index contributed by atoms with van der Waals surface area (Å²) < 4.78 is 46.3. The highest BCUT2D eigenvalue weighted by Crippen LogP contribution is 2.23. The van der Waals surface area contributed by atoms with Crippen molar-refractivity contribution in [1.29, 1.82) is 0 Å². The Labute approximate surface area is 142 Å². The fourth-order valence-electron chi connectivity index (χ4n) is 2.07. The van der Waals surface area contributed by atoms with Gasteiger partial charge in [0, 0.05) is 23.5 Å². The summed E-state index contributed by atoms with van der Waals surface area (Å²) in [5, 5.41) is 0. The van der Waals surface area contributed by atoms with E-state index in [4.69, 9.17) is 4.74 Å². The number of rotatable bonds is 7. The third kappa shape index (κ3) is 6.04. The van der Waals surface area contributed by atoms with Gasteiger partial charge in [0.2, 0.25) is 0 Å². The molecule has 2 rings (SSSR count). The summed E-state index contributed by atoms with van der Waals surface area (Å²) >= 11 is 0. The van der Waals surface area contributed by atoms with E-state index in [-0.39, 0.29) is 12.4 Å². The molecule has 132 valence electrons. The highest BCUT2D eigenvalue weighted by atomic mass is 19.4. The molecule has 0 amide bonds. The van der Waals surface area contributed by atoms with Crippen molar-refractivity contribution in [3.63, 3.8) is 0 Å². The highest BCUT2D eigenvalue weighted by Gasteiger charge is 2.27. The molecule has 0 saturated heterocycles. The van der Waals surface area contributed by atoms with Crippen molar-refractivity contribution in [2.24, 2.45) is 0 Å². The molecule has 4 nitrogen and oxygen atoms in total. The Hall–Kier alpha value is -2.67. The molecule has 0 spiro atoms. The van der Waals surface area contributed by atoms with Crippen LogP contribution in [0.5, 0.6) is 5.75 Å². The first kappa shape index (κ1) is 18.7. The zero-order valence-corrected chi connectivity index (χ0v) is 13.4. The number of carbonyl (C=O) groups is 1. The van der Waals surface area contributed by atoms with E-state index in [1.165, 1.54) is 19.4 Å². The maximum absolute atomic E-state index is 12.2. The van der Waals surface area contributed by atoms with Crippen molar-refractivity contribution in [2.45, 2.75) is 12.8 Å². The summed E-state index contributed by atoms with van der Waals surface area (Å²) in [6, 6.07) is 8.22. The number of ether oxygens (including phenoxy) is 2. The van der Waals surface area contributed by atoms with Crippen LogP contribution in [0.15, 0.2) is 48.8 Å². The molecule has 0 saturated carbocycles. The molecule has 25 heavy (non-hydrogen) atoms. The van der Waals surface area contributed by atoms with Gasteiger partial charge in [-0.2, -0.15) is 13.2 Å². The normalized spacial score (nSPS) is 11.7. The number of hydrogen-bond acceptors (Lipinski definition) is 4. The molecule has 0 unspecified atom stereocenters. The molecular formula is C18H16F3NO3. The van der Waals surface area contributed by atoms with Crippen molar-refractivity contribution < 1.29 is 27.4 Å². The second kappa shape index (κ2) is 8.43. The average Bonchev–Trinajstić information content (AvgIpc) is 2.59. The number of hydrogen-bond donors (Lipinski definition) is 0. The van der Waals surface area contributed by atoms with Crippen LogP contribution in [0.2, 0.25) is 0 Å². The van der Waals surface area contributed by atoms with Gasteiger partial charge in [-0.3, -0.25) is 9.78 Å². The summed E-state index contributed by atoms with van der Waals surface area (Å²) in [7, 11) is 1.42. The molecule has 0 aliphatic rings. The van der Waals surface area contributed by atoms with Crippen LogP contribution in [0, 0.1) is 0 Å². The minimum atomic E-state index is -4.39. The first-order valence-corrected chi connectivity index (χ1v) is 7.33. The van der Waals surface area contributed by atoms with E-state index in [2.05, 4.69) is 9.72 Å². The van der Waals surface area contributed by atoms with E-state index < -0.39 is 12.8 Å². The minimum Gasteiger partial charge on any atom is -0.496 e. The van der Waals surface area contributed by atoms with Gasteiger partial charge < -0.3 is 9.47 Å². The van der Waals surface area contributed by atoms with Crippen molar-refractivity contribution in [3.8, 4) is 5.75 Å². The summed E-state index contributed by atoms with van der Waals surface area (Å²) in [6.07, 6.45) is 1.58. The number of pyridine rings is 1. The first-order valence-electron chi connectivity index (χ1n) is 7.33. The smallest absolute Gasteiger partial charge is 0.411 e. The molecule has 0 aliphatic heterocycles. The zero-order valence-electron chi connectivity index (χ0n) is 13.4. The van der Waals surface area contributed by atoms with Crippen LogP contribution < -0.4 is 4.74 Å². The largest absolute Gasteiger partial charge is 0.496 e. The Kier molecular flexibility index (Phi) is 6.30. The van der Waals surface area contributed by atoms with Crippen molar-refractivity contribution in [3.05, 3.63) is 65.5 Å². The second-order valence-corrected chi connectivity index (χ2v) is 5.12. The third-order valence-electron chi connectivity index (χ3n) is 3.20. The average molecular weight is 351 g/mol. The monoisotopic (exact) mass is 351 g/mol. The molecule has 7 heteroatoms. The van der Waals surface area contributed by atoms with E-state index >= 15 is 0 Å². The summed E-state index contributed by atoms with van der Waals surface area (Å²) in [4.78, 5) is 15.9. The number of benzene rings is 1. The van der Waals surface area contributed by atoms with E-state index in [9.17, 15) is 18.0 Å². The van der Waals surface area contributed by atoms with Gasteiger partial charge in [-0.15, -0.1) is 0 Å². The van der Waals surface area contributed by atoms with E-state index in [0.29, 0.717) is 22.4 Å². The van der Waals surface area contributed by atoms with E-state index in [1.54, 1.807) is 42.6 Å². The molecule has 1 heterocycles. The number of carbonyl (C=O) groups excluding carboxylic acids is 1. The Balaban J connectivity index is 2.09. The van der Waals surface area contributed by atoms with Gasteiger partial charge in [0.15, 0.2) is 5.78 Å². The number of alkyl halides is 3. The molecule has 0 atom stereocenters. The number of allylic oxidation sites excluding steroid dienone is 1. The van der Waals surface area contributed by atoms with Gasteiger partial charge in [0.05, 0.1) is 13.7 Å². The predicted molar refractivity (Wildman–Crippen MR) is 86.3 cm³/mol. The minimum absolute atomic E-state index is 0.223. The van der Waals surface area contributed by atoms with Gasteiger partial charge in [-0.25, -0.2) is 0 Å². The van der Waals surface area contributed by atoms with Crippen LogP contribution in [0.1, 0.15) is 21.5 Å². The number of aromatic nitrogens is 1. The number of methoxy groups -OCH3 is 1. The van der Waals surface area contributed by atoms with Crippen LogP contribution in [-0.4, -0.2) is 30.7 Å². The molecule has 1 aromatic carbocycles. The van der Waals surface area contributed by atoms with E-state index in [0.717, 1.165) is 0 Å². The van der Waals surface area contributed by atoms with Crippen LogP contribution in [0.25, 0.3) is 6.08 Å². The number of halogens is 3. The molecule has 0 N–H and O–H groups in total. The maximum atomic E-state index is 12.2. The van der Waals surface area contributed by atoms with Crippen LogP contribution in [-0.2, 0) is 11.3 Å². The standard InChI is InChI=1S/C18H16F3NO3/c1-24-17-7-5-13(9-15(17)11-25-12-18(19,20)21)4-6-16(23)14-3-2-8-22-10-14/h2-10H,11-12H2,1H3/b6-4+. The summed E-state index contributed by atoms with van der Waals surface area (Å²) in [6.45, 7) is -1.59. The van der Waals surface area contributed by atoms with Gasteiger partial charge in [0.25, 0.3) is 0 Å². The fraction of sp³-hybridized carbons (Fsp3) is 0.222. The Morgan fingerprint density at radius 1 is 1.28 bits per heavy atom. The molecule has 0 aliphatic carbocycles. The fourth-order valence-corrected chi connectivity index (χ4v) is 2.07. The lowest BCUT2D eigenvalue weighted by molar-refractivity contribution is -0.176. The lowest BCUT2D eigenvalue weighted by atomic mass is 10.1. The summed E-state index contributed by atoms with van der Waals surface area (Å²) in [5.74, 6) is 0.191. The van der Waals surface area contributed by atoms with Crippen LogP contribution >= 0.6 is 0 Å². The Morgan fingerprint density at radius 2 is 2.08 bits per heavy atom. The lowest BCUT2D eigenvalue weighted by Gasteiger charge is -2.11. The zero-order chi connectivity index (χ0) is 18.3. The van der Waals surface area contributed by atoms with Gasteiger partial charge in [0.1, 0.15) is 12.4 Å². The Morgan fingerprint density at radius 3 is 2.72 bits per heavy atom. The second-order valence-electron chi connectivity index (χ2n) is 5.12. The molecule has 0 radical (unpaired) electrons.